The van der Waals surface area contributed by atoms with Crippen LogP contribution >= 0.6 is 0 Å². The van der Waals surface area contributed by atoms with Crippen molar-refractivity contribution in [3.05, 3.63) is 59.5 Å². The van der Waals surface area contributed by atoms with Gasteiger partial charge in [0.1, 0.15) is 12.0 Å². The van der Waals surface area contributed by atoms with E-state index in [1.165, 1.54) is 11.8 Å². The Kier molecular flexibility index (Phi) is 4.73. The second kappa shape index (κ2) is 6.79. The topological polar surface area (TPSA) is 56.9 Å². The second-order valence-corrected chi connectivity index (χ2v) is 6.78. The molecule has 24 heavy (non-hydrogen) atoms. The summed E-state index contributed by atoms with van der Waals surface area (Å²) in [7, 11) is 1.72. The molecule has 0 spiro atoms. The van der Waals surface area contributed by atoms with Gasteiger partial charge in [0.2, 0.25) is 0 Å². The van der Waals surface area contributed by atoms with E-state index in [0.717, 1.165) is 13.1 Å². The van der Waals surface area contributed by atoms with Gasteiger partial charge in [-0.15, -0.1) is 0 Å². The summed E-state index contributed by atoms with van der Waals surface area (Å²) in [6.07, 6.45) is 2.14. The second-order valence-electron chi connectivity index (χ2n) is 6.78. The number of aliphatic hydroxyl groups is 1. The van der Waals surface area contributed by atoms with Gasteiger partial charge >= 0.3 is 0 Å². The molecule has 5 heteroatoms. The molecule has 1 aliphatic heterocycles. The molecule has 0 bridgehead atoms. The Balaban J connectivity index is 1.57. The molecule has 0 aliphatic carbocycles. The number of aryl methyl sites for hydroxylation is 1. The highest BCUT2D eigenvalue weighted by atomic mass is 16.3. The molecule has 2 heterocycles. The first-order valence-electron chi connectivity index (χ1n) is 8.24. The number of amides is 1. The lowest BCUT2D eigenvalue weighted by molar-refractivity contribution is 0.0170. The Hall–Kier alpha value is -2.11. The fourth-order valence-electron chi connectivity index (χ4n) is 3.34. The molecule has 1 fully saturated rings. The Morgan fingerprint density at radius 3 is 2.79 bits per heavy atom. The molecule has 1 aromatic carbocycles. The molecule has 1 N–H and O–H groups in total. The zero-order valence-corrected chi connectivity index (χ0v) is 14.2. The van der Waals surface area contributed by atoms with Gasteiger partial charge in [0.15, 0.2) is 0 Å². The summed E-state index contributed by atoms with van der Waals surface area (Å²) < 4.78 is 5.20. The van der Waals surface area contributed by atoms with Crippen molar-refractivity contribution in [1.29, 1.82) is 0 Å². The van der Waals surface area contributed by atoms with Crippen molar-refractivity contribution in [3.63, 3.8) is 0 Å². The third-order valence-corrected chi connectivity index (χ3v) is 4.52. The van der Waals surface area contributed by atoms with Gasteiger partial charge in [-0.25, -0.2) is 0 Å². The van der Waals surface area contributed by atoms with Crippen LogP contribution in [0, 0.1) is 6.92 Å². The Bertz CT molecular complexity index is 698. The summed E-state index contributed by atoms with van der Waals surface area (Å²) in [6.45, 7) is 4.36. The number of furan rings is 1. The molecule has 5 nitrogen and oxygen atoms in total. The number of hydrogen-bond acceptors (Lipinski definition) is 4. The highest BCUT2D eigenvalue weighted by Gasteiger charge is 2.38. The summed E-state index contributed by atoms with van der Waals surface area (Å²) in [5.41, 5.74) is 0.899. The maximum atomic E-state index is 12.4. The molecule has 0 saturated carbocycles. The zero-order chi connectivity index (χ0) is 17.2. The number of nitrogens with zero attached hydrogens (tertiary/aromatic N) is 2. The molecule has 1 aliphatic rings. The van der Waals surface area contributed by atoms with E-state index in [2.05, 4.69) is 17.0 Å². The molecule has 1 amide bonds. The lowest BCUT2D eigenvalue weighted by atomic mass is 10.0. The number of likely N-dealkylation sites (N-methyl/N-ethyl adjacent to an activating group) is 1. The molecule has 3 rings (SSSR count). The van der Waals surface area contributed by atoms with E-state index in [1.807, 2.05) is 25.1 Å². The van der Waals surface area contributed by atoms with Gasteiger partial charge < -0.3 is 14.4 Å². The van der Waals surface area contributed by atoms with E-state index in [0.29, 0.717) is 30.8 Å². The number of benzene rings is 1. The molecular formula is C19H24N2O3. The molecule has 0 radical (unpaired) electrons. The number of carbonyl (C=O) groups excluding carboxylic acids is 1. The van der Waals surface area contributed by atoms with E-state index < -0.39 is 5.60 Å². The monoisotopic (exact) mass is 328 g/mol. The first-order chi connectivity index (χ1) is 11.5. The molecule has 1 atom stereocenters. The smallest absolute Gasteiger partial charge is 0.256 e. The predicted octanol–water partition coefficient (Wildman–Crippen LogP) is 2.30. The minimum atomic E-state index is -0.863. The fourth-order valence-corrected chi connectivity index (χ4v) is 3.34. The molecule has 2 aromatic rings. The van der Waals surface area contributed by atoms with Crippen LogP contribution in [0.4, 0.5) is 0 Å². The van der Waals surface area contributed by atoms with Crippen molar-refractivity contribution in [2.24, 2.45) is 0 Å². The number of likely N-dealkylation sites (tertiary alicyclic amines) is 1. The van der Waals surface area contributed by atoms with E-state index in [9.17, 15) is 9.90 Å². The van der Waals surface area contributed by atoms with Gasteiger partial charge in [0.05, 0.1) is 17.7 Å². The number of rotatable bonds is 5. The summed E-state index contributed by atoms with van der Waals surface area (Å²) >= 11 is 0. The van der Waals surface area contributed by atoms with Gasteiger partial charge in [-0.2, -0.15) is 0 Å². The normalized spacial score (nSPS) is 21.1. The zero-order valence-electron chi connectivity index (χ0n) is 14.2. The maximum absolute atomic E-state index is 12.4. The van der Waals surface area contributed by atoms with Crippen LogP contribution in [-0.4, -0.2) is 53.1 Å². The third kappa shape index (κ3) is 3.86. The van der Waals surface area contributed by atoms with Crippen LogP contribution in [0.15, 0.2) is 47.1 Å². The van der Waals surface area contributed by atoms with E-state index in [4.69, 9.17) is 4.42 Å². The van der Waals surface area contributed by atoms with Crippen LogP contribution in [0.3, 0.4) is 0 Å². The molecular weight excluding hydrogens is 304 g/mol. The van der Waals surface area contributed by atoms with Gasteiger partial charge in [0.25, 0.3) is 5.91 Å². The summed E-state index contributed by atoms with van der Waals surface area (Å²) in [5.74, 6) is 0.585. The number of hydrogen-bond donors (Lipinski definition) is 1. The van der Waals surface area contributed by atoms with Crippen molar-refractivity contribution < 1.29 is 14.3 Å². The molecule has 1 unspecified atom stereocenters. The van der Waals surface area contributed by atoms with Crippen molar-refractivity contribution in [1.82, 2.24) is 9.80 Å². The highest BCUT2D eigenvalue weighted by molar-refractivity contribution is 5.93. The van der Waals surface area contributed by atoms with E-state index in [1.54, 1.807) is 18.0 Å². The van der Waals surface area contributed by atoms with Crippen LogP contribution in [0.5, 0.6) is 0 Å². The average molecular weight is 328 g/mol. The van der Waals surface area contributed by atoms with Gasteiger partial charge in [0, 0.05) is 26.7 Å². The molecule has 128 valence electrons. The van der Waals surface area contributed by atoms with Gasteiger partial charge in [-0.3, -0.25) is 9.69 Å². The van der Waals surface area contributed by atoms with Crippen LogP contribution in [0.2, 0.25) is 0 Å². The predicted molar refractivity (Wildman–Crippen MR) is 91.7 cm³/mol. The Morgan fingerprint density at radius 2 is 2.12 bits per heavy atom. The van der Waals surface area contributed by atoms with Crippen molar-refractivity contribution in [2.75, 3.05) is 26.7 Å². The SMILES string of the molecule is Cc1cc(C(=O)N(C)CC2(O)CCN(Cc3ccccc3)C2)co1. The lowest BCUT2D eigenvalue weighted by Gasteiger charge is -2.29. The molecule has 1 aromatic heterocycles. The minimum absolute atomic E-state index is 0.123. The third-order valence-electron chi connectivity index (χ3n) is 4.52. The lowest BCUT2D eigenvalue weighted by Crippen LogP contribution is -2.45. The van der Waals surface area contributed by atoms with Crippen molar-refractivity contribution >= 4 is 5.91 Å². The maximum Gasteiger partial charge on any atom is 0.256 e. The first kappa shape index (κ1) is 16.7. The fraction of sp³-hybridized carbons (Fsp3) is 0.421. The average Bonchev–Trinajstić information content (AvgIpc) is 3.14. The Labute approximate surface area is 142 Å². The standard InChI is InChI=1S/C19H24N2O3/c1-15-10-17(12-24-15)18(22)20(2)13-19(23)8-9-21(14-19)11-16-6-4-3-5-7-16/h3-7,10,12,23H,8-9,11,13-14H2,1-2H3. The number of carbonyl (C=O) groups is 1. The van der Waals surface area contributed by atoms with Crippen LogP contribution < -0.4 is 0 Å². The van der Waals surface area contributed by atoms with Crippen LogP contribution in [-0.2, 0) is 6.54 Å². The van der Waals surface area contributed by atoms with Crippen LogP contribution in [0.25, 0.3) is 0 Å². The van der Waals surface area contributed by atoms with Crippen LogP contribution in [0.1, 0.15) is 28.1 Å². The van der Waals surface area contributed by atoms with Gasteiger partial charge in [-0.1, -0.05) is 30.3 Å². The molecule has 1 saturated heterocycles. The minimum Gasteiger partial charge on any atom is -0.469 e. The summed E-state index contributed by atoms with van der Waals surface area (Å²) in [6, 6.07) is 12.0. The van der Waals surface area contributed by atoms with E-state index in [-0.39, 0.29) is 5.91 Å². The van der Waals surface area contributed by atoms with Crippen molar-refractivity contribution in [3.8, 4) is 0 Å². The number of β-amino-alcohol motifs (C(OH)–C–C–N with tert-alkyl or cyclic N) is 1. The quantitative estimate of drug-likeness (QED) is 0.915. The van der Waals surface area contributed by atoms with Crippen molar-refractivity contribution in [2.45, 2.75) is 25.5 Å². The highest BCUT2D eigenvalue weighted by Crippen LogP contribution is 2.24. The first-order valence-corrected chi connectivity index (χ1v) is 8.24. The van der Waals surface area contributed by atoms with E-state index >= 15 is 0 Å². The van der Waals surface area contributed by atoms with Gasteiger partial charge in [-0.05, 0) is 25.0 Å². The summed E-state index contributed by atoms with van der Waals surface area (Å²) in [4.78, 5) is 16.2. The largest absolute Gasteiger partial charge is 0.469 e. The summed E-state index contributed by atoms with van der Waals surface area (Å²) in [5, 5.41) is 10.9. The Morgan fingerprint density at radius 1 is 1.38 bits per heavy atom.